The molecule has 1 atom stereocenters. The quantitative estimate of drug-likeness (QED) is 0.776. The predicted octanol–water partition coefficient (Wildman–Crippen LogP) is 1.93. The molecule has 0 bridgehead atoms. The number of nitrogens with two attached hydrogens (primary N) is 1. The molecule has 1 amide bonds. The number of carbonyl (C=O) groups excluding carboxylic acids is 1. The highest BCUT2D eigenvalue weighted by atomic mass is 16.5. The molecule has 2 rings (SSSR count). The van der Waals surface area contributed by atoms with Gasteiger partial charge in [-0.1, -0.05) is 30.3 Å². The van der Waals surface area contributed by atoms with Crippen LogP contribution in [0.1, 0.15) is 11.1 Å². The number of rotatable bonds is 8. The summed E-state index contributed by atoms with van der Waals surface area (Å²) >= 11 is 0. The van der Waals surface area contributed by atoms with Crippen molar-refractivity contribution in [1.82, 2.24) is 5.32 Å². The molecule has 0 saturated carbocycles. The van der Waals surface area contributed by atoms with Crippen LogP contribution >= 0.6 is 0 Å². The molecule has 0 aromatic heterocycles. The Balaban J connectivity index is 1.86. The molecule has 2 aromatic rings. The maximum absolute atomic E-state index is 12.1. The smallest absolute Gasteiger partial charge is 0.237 e. The Kier molecular flexibility index (Phi) is 6.63. The van der Waals surface area contributed by atoms with Gasteiger partial charge in [0.1, 0.15) is 11.5 Å². The highest BCUT2D eigenvalue weighted by Gasteiger charge is 2.14. The zero-order valence-electron chi connectivity index (χ0n) is 14.1. The first-order chi connectivity index (χ1) is 11.6. The number of nitrogens with one attached hydrogen (secondary N) is 1. The van der Waals surface area contributed by atoms with Crippen molar-refractivity contribution in [3.05, 3.63) is 59.7 Å². The van der Waals surface area contributed by atoms with E-state index in [1.54, 1.807) is 14.2 Å². The third-order valence-electron chi connectivity index (χ3n) is 3.82. The monoisotopic (exact) mass is 328 g/mol. The summed E-state index contributed by atoms with van der Waals surface area (Å²) in [6, 6.07) is 14.8. The molecular weight excluding hydrogens is 304 g/mol. The Bertz CT molecular complexity index is 659. The first kappa shape index (κ1) is 17.8. The second-order valence-corrected chi connectivity index (χ2v) is 5.52. The molecule has 0 aliphatic carbocycles. The normalized spacial score (nSPS) is 11.6. The van der Waals surface area contributed by atoms with Gasteiger partial charge in [0, 0.05) is 6.54 Å². The SMILES string of the molecule is COc1ccc(OC)c(CCNC(=O)[C@@H](N)Cc2ccccc2)c1. The van der Waals surface area contributed by atoms with E-state index in [1.807, 2.05) is 48.5 Å². The number of hydrogen-bond donors (Lipinski definition) is 2. The summed E-state index contributed by atoms with van der Waals surface area (Å²) in [5.41, 5.74) is 8.00. The zero-order valence-corrected chi connectivity index (χ0v) is 14.1. The van der Waals surface area contributed by atoms with Gasteiger partial charge >= 0.3 is 0 Å². The lowest BCUT2D eigenvalue weighted by Gasteiger charge is -2.14. The maximum atomic E-state index is 12.1. The van der Waals surface area contributed by atoms with Crippen LogP contribution in [0.2, 0.25) is 0 Å². The first-order valence-corrected chi connectivity index (χ1v) is 7.92. The molecule has 0 aliphatic rings. The van der Waals surface area contributed by atoms with E-state index < -0.39 is 6.04 Å². The summed E-state index contributed by atoms with van der Waals surface area (Å²) in [5.74, 6) is 1.39. The van der Waals surface area contributed by atoms with Crippen LogP contribution in [0, 0.1) is 0 Å². The van der Waals surface area contributed by atoms with Crippen molar-refractivity contribution >= 4 is 5.91 Å². The van der Waals surface area contributed by atoms with Crippen molar-refractivity contribution in [3.8, 4) is 11.5 Å². The lowest BCUT2D eigenvalue weighted by molar-refractivity contribution is -0.122. The molecule has 0 saturated heterocycles. The summed E-state index contributed by atoms with van der Waals surface area (Å²) in [4.78, 5) is 12.1. The average molecular weight is 328 g/mol. The predicted molar refractivity (Wildman–Crippen MR) is 94.4 cm³/mol. The summed E-state index contributed by atoms with van der Waals surface area (Å²) in [6.45, 7) is 0.491. The number of benzene rings is 2. The Labute approximate surface area is 142 Å². The molecule has 0 spiro atoms. The second-order valence-electron chi connectivity index (χ2n) is 5.52. The van der Waals surface area contributed by atoms with Crippen molar-refractivity contribution in [2.75, 3.05) is 20.8 Å². The number of carbonyl (C=O) groups is 1. The van der Waals surface area contributed by atoms with Gasteiger partial charge in [-0.05, 0) is 42.2 Å². The summed E-state index contributed by atoms with van der Waals surface area (Å²) in [5, 5.41) is 2.88. The van der Waals surface area contributed by atoms with Gasteiger partial charge in [0.25, 0.3) is 0 Å². The molecule has 5 heteroatoms. The van der Waals surface area contributed by atoms with E-state index in [-0.39, 0.29) is 5.91 Å². The van der Waals surface area contributed by atoms with Gasteiger partial charge in [0.2, 0.25) is 5.91 Å². The Hall–Kier alpha value is -2.53. The largest absolute Gasteiger partial charge is 0.497 e. The van der Waals surface area contributed by atoms with E-state index in [4.69, 9.17) is 15.2 Å². The van der Waals surface area contributed by atoms with Crippen LogP contribution in [0.25, 0.3) is 0 Å². The van der Waals surface area contributed by atoms with Crippen molar-refractivity contribution in [2.24, 2.45) is 5.73 Å². The number of methoxy groups -OCH3 is 2. The van der Waals surface area contributed by atoms with Gasteiger partial charge < -0.3 is 20.5 Å². The fourth-order valence-corrected chi connectivity index (χ4v) is 2.49. The van der Waals surface area contributed by atoms with Crippen LogP contribution in [-0.4, -0.2) is 32.7 Å². The minimum Gasteiger partial charge on any atom is -0.497 e. The van der Waals surface area contributed by atoms with Crippen LogP contribution in [0.3, 0.4) is 0 Å². The highest BCUT2D eigenvalue weighted by molar-refractivity contribution is 5.81. The van der Waals surface area contributed by atoms with Crippen molar-refractivity contribution in [3.63, 3.8) is 0 Å². The molecule has 0 heterocycles. The number of amides is 1. The van der Waals surface area contributed by atoms with E-state index in [2.05, 4.69) is 5.32 Å². The molecule has 128 valence electrons. The van der Waals surface area contributed by atoms with Gasteiger partial charge in [-0.2, -0.15) is 0 Å². The van der Waals surface area contributed by atoms with Crippen molar-refractivity contribution in [1.29, 1.82) is 0 Å². The second kappa shape index (κ2) is 8.93. The van der Waals surface area contributed by atoms with Crippen LogP contribution in [-0.2, 0) is 17.6 Å². The van der Waals surface area contributed by atoms with Gasteiger partial charge in [-0.15, -0.1) is 0 Å². The third-order valence-corrected chi connectivity index (χ3v) is 3.82. The van der Waals surface area contributed by atoms with E-state index in [1.165, 1.54) is 0 Å². The van der Waals surface area contributed by atoms with Crippen LogP contribution in [0.4, 0.5) is 0 Å². The summed E-state index contributed by atoms with van der Waals surface area (Å²) in [7, 11) is 3.25. The zero-order chi connectivity index (χ0) is 17.4. The molecule has 5 nitrogen and oxygen atoms in total. The molecule has 2 aromatic carbocycles. The molecular formula is C19H24N2O3. The van der Waals surface area contributed by atoms with Crippen molar-refractivity contribution < 1.29 is 14.3 Å². The maximum Gasteiger partial charge on any atom is 0.237 e. The third kappa shape index (κ3) is 4.99. The van der Waals surface area contributed by atoms with Gasteiger partial charge in [0.05, 0.1) is 20.3 Å². The minimum atomic E-state index is -0.556. The Morgan fingerprint density at radius 3 is 2.54 bits per heavy atom. The number of hydrogen-bond acceptors (Lipinski definition) is 4. The first-order valence-electron chi connectivity index (χ1n) is 7.92. The van der Waals surface area contributed by atoms with Gasteiger partial charge in [0.15, 0.2) is 0 Å². The van der Waals surface area contributed by atoms with E-state index >= 15 is 0 Å². The molecule has 0 fully saturated rings. The Morgan fingerprint density at radius 2 is 1.88 bits per heavy atom. The molecule has 0 aliphatic heterocycles. The fourth-order valence-electron chi connectivity index (χ4n) is 2.49. The lowest BCUT2D eigenvalue weighted by atomic mass is 10.1. The average Bonchev–Trinajstić information content (AvgIpc) is 2.62. The fraction of sp³-hybridized carbons (Fsp3) is 0.316. The highest BCUT2D eigenvalue weighted by Crippen LogP contribution is 2.24. The minimum absolute atomic E-state index is 0.152. The van der Waals surface area contributed by atoms with E-state index in [9.17, 15) is 4.79 Å². The van der Waals surface area contributed by atoms with Crippen LogP contribution < -0.4 is 20.5 Å². The van der Waals surface area contributed by atoms with Crippen LogP contribution in [0.15, 0.2) is 48.5 Å². The van der Waals surface area contributed by atoms with Gasteiger partial charge in [-0.3, -0.25) is 4.79 Å². The number of ether oxygens (including phenoxy) is 2. The lowest BCUT2D eigenvalue weighted by Crippen LogP contribution is -2.42. The van der Waals surface area contributed by atoms with E-state index in [0.717, 1.165) is 22.6 Å². The molecule has 0 unspecified atom stereocenters. The molecule has 3 N–H and O–H groups in total. The van der Waals surface area contributed by atoms with Gasteiger partial charge in [-0.25, -0.2) is 0 Å². The molecule has 24 heavy (non-hydrogen) atoms. The van der Waals surface area contributed by atoms with Crippen LogP contribution in [0.5, 0.6) is 11.5 Å². The van der Waals surface area contributed by atoms with Crippen molar-refractivity contribution in [2.45, 2.75) is 18.9 Å². The summed E-state index contributed by atoms with van der Waals surface area (Å²) < 4.78 is 10.6. The molecule has 0 radical (unpaired) electrons. The topological polar surface area (TPSA) is 73.6 Å². The summed E-state index contributed by atoms with van der Waals surface area (Å²) in [6.07, 6.45) is 1.17. The standard InChI is InChI=1S/C19H24N2O3/c1-23-16-8-9-18(24-2)15(13-16)10-11-21-19(22)17(20)12-14-6-4-3-5-7-14/h3-9,13,17H,10-12,20H2,1-2H3,(H,21,22)/t17-/m0/s1. The van der Waals surface area contributed by atoms with E-state index in [0.29, 0.717) is 19.4 Å². The Morgan fingerprint density at radius 1 is 1.12 bits per heavy atom.